The molecule has 0 saturated carbocycles. The number of nitrogens with zero attached hydrogens (tertiary/aromatic N) is 1. The molecular formula is C17H20N2O2S. The molecular weight excluding hydrogens is 296 g/mol. The van der Waals surface area contributed by atoms with Crippen molar-refractivity contribution < 1.29 is 9.59 Å². The Morgan fingerprint density at radius 3 is 2.68 bits per heavy atom. The highest BCUT2D eigenvalue weighted by Gasteiger charge is 2.14. The molecule has 0 saturated heterocycles. The maximum absolute atomic E-state index is 12.4. The van der Waals surface area contributed by atoms with Crippen molar-refractivity contribution in [2.24, 2.45) is 0 Å². The summed E-state index contributed by atoms with van der Waals surface area (Å²) in [5.74, 6) is -0.0138. The van der Waals surface area contributed by atoms with Crippen molar-refractivity contribution >= 4 is 28.8 Å². The molecule has 0 aliphatic carbocycles. The fraction of sp³-hybridized carbons (Fsp3) is 0.294. The molecule has 1 heterocycles. The molecule has 0 aliphatic heterocycles. The van der Waals surface area contributed by atoms with Crippen molar-refractivity contribution in [2.45, 2.75) is 26.8 Å². The van der Waals surface area contributed by atoms with E-state index in [0.29, 0.717) is 24.3 Å². The number of nitrogens with one attached hydrogen (secondary N) is 1. The highest BCUT2D eigenvalue weighted by Crippen LogP contribution is 2.15. The molecule has 1 aromatic carbocycles. The van der Waals surface area contributed by atoms with E-state index in [1.807, 2.05) is 24.4 Å². The minimum absolute atomic E-state index is 0.0138. The summed E-state index contributed by atoms with van der Waals surface area (Å²) in [5.41, 5.74) is 1.24. The lowest BCUT2D eigenvalue weighted by molar-refractivity contribution is 0.101. The number of thiophene rings is 1. The Labute approximate surface area is 134 Å². The maximum Gasteiger partial charge on any atom is 0.322 e. The van der Waals surface area contributed by atoms with Crippen LogP contribution in [0.4, 0.5) is 10.5 Å². The Morgan fingerprint density at radius 2 is 2.05 bits per heavy atom. The lowest BCUT2D eigenvalue weighted by Crippen LogP contribution is -2.34. The first-order valence-electron chi connectivity index (χ1n) is 7.29. The van der Waals surface area contributed by atoms with Crippen LogP contribution in [-0.2, 0) is 6.54 Å². The summed E-state index contributed by atoms with van der Waals surface area (Å²) in [6.07, 6.45) is 0.895. The van der Waals surface area contributed by atoms with Crippen molar-refractivity contribution in [1.82, 2.24) is 4.90 Å². The summed E-state index contributed by atoms with van der Waals surface area (Å²) in [6.45, 7) is 4.85. The second-order valence-electron chi connectivity index (χ2n) is 5.07. The molecule has 116 valence electrons. The molecule has 2 amide bonds. The smallest absolute Gasteiger partial charge is 0.319 e. The number of carbonyl (C=O) groups is 2. The van der Waals surface area contributed by atoms with Gasteiger partial charge in [-0.15, -0.1) is 11.3 Å². The molecule has 1 aromatic heterocycles. The van der Waals surface area contributed by atoms with Gasteiger partial charge < -0.3 is 10.2 Å². The topological polar surface area (TPSA) is 49.4 Å². The van der Waals surface area contributed by atoms with E-state index in [2.05, 4.69) is 5.32 Å². The lowest BCUT2D eigenvalue weighted by Gasteiger charge is -2.22. The maximum atomic E-state index is 12.4. The first kappa shape index (κ1) is 16.2. The van der Waals surface area contributed by atoms with Gasteiger partial charge in [-0.05, 0) is 36.9 Å². The third-order valence-electron chi connectivity index (χ3n) is 3.23. The predicted octanol–water partition coefficient (Wildman–Crippen LogP) is 4.39. The molecule has 22 heavy (non-hydrogen) atoms. The summed E-state index contributed by atoms with van der Waals surface area (Å²) in [4.78, 5) is 26.8. The number of hydrogen-bond acceptors (Lipinski definition) is 3. The highest BCUT2D eigenvalue weighted by atomic mass is 32.1. The zero-order valence-electron chi connectivity index (χ0n) is 12.8. The van der Waals surface area contributed by atoms with Crippen LogP contribution in [0.1, 0.15) is 35.5 Å². The molecule has 0 fully saturated rings. The zero-order valence-corrected chi connectivity index (χ0v) is 13.7. The minimum Gasteiger partial charge on any atom is -0.319 e. The van der Waals surface area contributed by atoms with E-state index in [-0.39, 0.29) is 11.8 Å². The fourth-order valence-corrected chi connectivity index (χ4v) is 2.85. The average molecular weight is 316 g/mol. The third-order valence-corrected chi connectivity index (χ3v) is 4.09. The van der Waals surface area contributed by atoms with E-state index in [1.165, 1.54) is 6.92 Å². The van der Waals surface area contributed by atoms with Gasteiger partial charge in [0.2, 0.25) is 0 Å². The van der Waals surface area contributed by atoms with Crippen LogP contribution in [0.2, 0.25) is 0 Å². The number of urea groups is 1. The Kier molecular flexibility index (Phi) is 5.72. The van der Waals surface area contributed by atoms with Crippen LogP contribution in [0.15, 0.2) is 41.8 Å². The molecule has 0 radical (unpaired) electrons. The zero-order chi connectivity index (χ0) is 15.9. The van der Waals surface area contributed by atoms with Gasteiger partial charge in [0.1, 0.15) is 0 Å². The van der Waals surface area contributed by atoms with Gasteiger partial charge in [0.25, 0.3) is 0 Å². The number of carbonyl (C=O) groups excluding carboxylic acids is 2. The van der Waals surface area contributed by atoms with Gasteiger partial charge in [0, 0.05) is 22.7 Å². The Hall–Kier alpha value is -2.14. The van der Waals surface area contributed by atoms with E-state index < -0.39 is 0 Å². The van der Waals surface area contributed by atoms with E-state index in [1.54, 1.807) is 40.5 Å². The van der Waals surface area contributed by atoms with E-state index in [0.717, 1.165) is 11.3 Å². The molecule has 2 aromatic rings. The average Bonchev–Trinajstić information content (AvgIpc) is 3.00. The summed E-state index contributed by atoms with van der Waals surface area (Å²) in [7, 11) is 0. The summed E-state index contributed by atoms with van der Waals surface area (Å²) in [5, 5.41) is 4.88. The van der Waals surface area contributed by atoms with Crippen LogP contribution >= 0.6 is 11.3 Å². The molecule has 0 spiro atoms. The van der Waals surface area contributed by atoms with Gasteiger partial charge in [0.15, 0.2) is 5.78 Å². The SMILES string of the molecule is CCCN(Cc1cccs1)C(=O)Nc1cccc(C(C)=O)c1. The quantitative estimate of drug-likeness (QED) is 0.803. The van der Waals surface area contributed by atoms with Crippen LogP contribution in [-0.4, -0.2) is 23.3 Å². The second kappa shape index (κ2) is 7.75. The second-order valence-corrected chi connectivity index (χ2v) is 6.10. The molecule has 1 N–H and O–H groups in total. The third kappa shape index (κ3) is 4.43. The molecule has 0 atom stereocenters. The molecule has 0 aliphatic rings. The number of ketones is 1. The van der Waals surface area contributed by atoms with E-state index in [4.69, 9.17) is 0 Å². The summed E-state index contributed by atoms with van der Waals surface area (Å²) < 4.78 is 0. The standard InChI is InChI=1S/C17H20N2O2S/c1-3-9-19(12-16-8-5-10-22-16)17(21)18-15-7-4-6-14(11-15)13(2)20/h4-8,10-11H,3,9,12H2,1-2H3,(H,18,21). The van der Waals surface area contributed by atoms with Gasteiger partial charge in [-0.25, -0.2) is 4.79 Å². The number of hydrogen-bond donors (Lipinski definition) is 1. The van der Waals surface area contributed by atoms with Gasteiger partial charge in [0.05, 0.1) is 6.54 Å². The van der Waals surface area contributed by atoms with Crippen LogP contribution in [0.3, 0.4) is 0 Å². The molecule has 2 rings (SSSR count). The summed E-state index contributed by atoms with van der Waals surface area (Å²) >= 11 is 1.64. The summed E-state index contributed by atoms with van der Waals surface area (Å²) in [6, 6.07) is 10.9. The van der Waals surface area contributed by atoms with Crippen molar-refractivity contribution in [1.29, 1.82) is 0 Å². The van der Waals surface area contributed by atoms with Crippen molar-refractivity contribution in [3.05, 3.63) is 52.2 Å². The normalized spacial score (nSPS) is 10.3. The largest absolute Gasteiger partial charge is 0.322 e. The molecule has 4 nitrogen and oxygen atoms in total. The van der Waals surface area contributed by atoms with Gasteiger partial charge in [-0.3, -0.25) is 4.79 Å². The van der Waals surface area contributed by atoms with Gasteiger partial charge in [-0.2, -0.15) is 0 Å². The molecule has 5 heteroatoms. The van der Waals surface area contributed by atoms with E-state index in [9.17, 15) is 9.59 Å². The van der Waals surface area contributed by atoms with Crippen LogP contribution in [0.25, 0.3) is 0 Å². The lowest BCUT2D eigenvalue weighted by atomic mass is 10.1. The number of benzene rings is 1. The molecule has 0 unspecified atom stereocenters. The van der Waals surface area contributed by atoms with Crippen molar-refractivity contribution in [3.8, 4) is 0 Å². The van der Waals surface area contributed by atoms with E-state index >= 15 is 0 Å². The minimum atomic E-state index is -0.143. The number of Topliss-reactive ketones (excluding diaryl/α,β-unsaturated/α-hetero) is 1. The van der Waals surface area contributed by atoms with Gasteiger partial charge in [-0.1, -0.05) is 25.1 Å². The van der Waals surface area contributed by atoms with Crippen LogP contribution in [0.5, 0.6) is 0 Å². The fourth-order valence-electron chi connectivity index (χ4n) is 2.13. The molecule has 0 bridgehead atoms. The monoisotopic (exact) mass is 316 g/mol. The Bertz CT molecular complexity index is 638. The Morgan fingerprint density at radius 1 is 1.23 bits per heavy atom. The van der Waals surface area contributed by atoms with Crippen LogP contribution < -0.4 is 5.32 Å². The number of amides is 2. The number of rotatable bonds is 6. The van der Waals surface area contributed by atoms with Crippen molar-refractivity contribution in [2.75, 3.05) is 11.9 Å². The number of anilines is 1. The van der Waals surface area contributed by atoms with Crippen molar-refractivity contribution in [3.63, 3.8) is 0 Å². The van der Waals surface area contributed by atoms with Gasteiger partial charge >= 0.3 is 6.03 Å². The first-order chi connectivity index (χ1) is 10.6. The van der Waals surface area contributed by atoms with Crippen LogP contribution in [0, 0.1) is 0 Å². The predicted molar refractivity (Wildman–Crippen MR) is 90.5 cm³/mol. The highest BCUT2D eigenvalue weighted by molar-refractivity contribution is 7.09. The first-order valence-corrected chi connectivity index (χ1v) is 8.17. The Balaban J connectivity index is 2.07.